The highest BCUT2D eigenvalue weighted by atomic mass is 79.9. The fourth-order valence-corrected chi connectivity index (χ4v) is 2.45. The molecular weight excluding hydrogens is 280 g/mol. The SMILES string of the molecule is COC1(OC)CC=C(c2ccc(Br)cc2)CC1. The molecule has 2 nitrogen and oxygen atoms in total. The van der Waals surface area contributed by atoms with Crippen LogP contribution in [0, 0.1) is 0 Å². The van der Waals surface area contributed by atoms with E-state index in [1.807, 2.05) is 0 Å². The van der Waals surface area contributed by atoms with Gasteiger partial charge in [-0.15, -0.1) is 0 Å². The molecule has 0 saturated heterocycles. The molecule has 0 unspecified atom stereocenters. The lowest BCUT2D eigenvalue weighted by Gasteiger charge is -2.33. The van der Waals surface area contributed by atoms with Crippen molar-refractivity contribution < 1.29 is 9.47 Å². The van der Waals surface area contributed by atoms with Gasteiger partial charge in [-0.25, -0.2) is 0 Å². The molecule has 0 saturated carbocycles. The lowest BCUT2D eigenvalue weighted by molar-refractivity contribution is -0.208. The first kappa shape index (κ1) is 12.8. The third-order valence-electron chi connectivity index (χ3n) is 3.39. The molecule has 0 fully saturated rings. The summed E-state index contributed by atoms with van der Waals surface area (Å²) in [5.74, 6) is -0.418. The summed E-state index contributed by atoms with van der Waals surface area (Å²) in [6, 6.07) is 8.43. The summed E-state index contributed by atoms with van der Waals surface area (Å²) in [6.45, 7) is 0. The minimum Gasteiger partial charge on any atom is -0.353 e. The van der Waals surface area contributed by atoms with Crippen molar-refractivity contribution >= 4 is 21.5 Å². The lowest BCUT2D eigenvalue weighted by Crippen LogP contribution is -2.34. The number of methoxy groups -OCH3 is 2. The minimum absolute atomic E-state index is 0.418. The van der Waals surface area contributed by atoms with Gasteiger partial charge in [-0.2, -0.15) is 0 Å². The first-order valence-electron chi connectivity index (χ1n) is 5.74. The second-order valence-corrected chi connectivity index (χ2v) is 5.17. The average molecular weight is 297 g/mol. The number of rotatable bonds is 3. The highest BCUT2D eigenvalue weighted by molar-refractivity contribution is 9.10. The van der Waals surface area contributed by atoms with Crippen LogP contribution >= 0.6 is 15.9 Å². The summed E-state index contributed by atoms with van der Waals surface area (Å²) in [6.07, 6.45) is 4.93. The predicted octanol–water partition coefficient (Wildman–Crippen LogP) is 4.01. The molecule has 1 aliphatic rings. The Morgan fingerprint density at radius 2 is 1.76 bits per heavy atom. The zero-order valence-corrected chi connectivity index (χ0v) is 11.8. The van der Waals surface area contributed by atoms with Crippen molar-refractivity contribution in [1.82, 2.24) is 0 Å². The molecule has 2 rings (SSSR count). The first-order valence-corrected chi connectivity index (χ1v) is 6.54. The molecule has 0 aromatic heterocycles. The Balaban J connectivity index is 2.15. The van der Waals surface area contributed by atoms with Crippen LogP contribution < -0.4 is 0 Å². The van der Waals surface area contributed by atoms with Crippen LogP contribution in [0.3, 0.4) is 0 Å². The predicted molar refractivity (Wildman–Crippen MR) is 72.7 cm³/mol. The first-order chi connectivity index (χ1) is 8.19. The average Bonchev–Trinajstić information content (AvgIpc) is 2.40. The van der Waals surface area contributed by atoms with Crippen LogP contribution in [0.4, 0.5) is 0 Å². The van der Waals surface area contributed by atoms with Crippen molar-refractivity contribution in [2.75, 3.05) is 14.2 Å². The van der Waals surface area contributed by atoms with Crippen LogP contribution in [0.1, 0.15) is 24.8 Å². The summed E-state index contributed by atoms with van der Waals surface area (Å²) >= 11 is 3.45. The standard InChI is InChI=1S/C14H17BrO2/c1-16-14(17-2)9-7-12(8-10-14)11-3-5-13(15)6-4-11/h3-7H,8-10H2,1-2H3. The normalized spacial score (nSPS) is 18.9. The van der Waals surface area contributed by atoms with E-state index in [1.165, 1.54) is 11.1 Å². The number of halogens is 1. The largest absolute Gasteiger partial charge is 0.353 e. The molecule has 0 radical (unpaired) electrons. The molecule has 0 N–H and O–H groups in total. The van der Waals surface area contributed by atoms with Gasteiger partial charge in [0.15, 0.2) is 5.79 Å². The summed E-state index contributed by atoms with van der Waals surface area (Å²) in [7, 11) is 3.42. The molecule has 1 aliphatic carbocycles. The quantitative estimate of drug-likeness (QED) is 0.785. The van der Waals surface area contributed by atoms with Crippen LogP contribution in [-0.4, -0.2) is 20.0 Å². The maximum absolute atomic E-state index is 5.46. The third kappa shape index (κ3) is 2.79. The Hall–Kier alpha value is -0.640. The molecule has 0 spiro atoms. The number of benzene rings is 1. The van der Waals surface area contributed by atoms with Crippen molar-refractivity contribution in [1.29, 1.82) is 0 Å². The van der Waals surface area contributed by atoms with Gasteiger partial charge in [0.2, 0.25) is 0 Å². The van der Waals surface area contributed by atoms with Crippen LogP contribution in [-0.2, 0) is 9.47 Å². The molecule has 1 aromatic rings. The number of hydrogen-bond acceptors (Lipinski definition) is 2. The van der Waals surface area contributed by atoms with Crippen LogP contribution in [0.2, 0.25) is 0 Å². The van der Waals surface area contributed by atoms with Gasteiger partial charge in [-0.05, 0) is 29.7 Å². The summed E-state index contributed by atoms with van der Waals surface area (Å²) in [5, 5.41) is 0. The second kappa shape index (κ2) is 5.34. The van der Waals surface area contributed by atoms with E-state index in [0.717, 1.165) is 23.7 Å². The van der Waals surface area contributed by atoms with E-state index >= 15 is 0 Å². The van der Waals surface area contributed by atoms with Crippen molar-refractivity contribution in [3.05, 3.63) is 40.4 Å². The van der Waals surface area contributed by atoms with E-state index in [4.69, 9.17) is 9.47 Å². The fourth-order valence-electron chi connectivity index (χ4n) is 2.19. The number of allylic oxidation sites excluding steroid dienone is 1. The zero-order chi connectivity index (χ0) is 12.3. The molecule has 92 valence electrons. The smallest absolute Gasteiger partial charge is 0.171 e. The van der Waals surface area contributed by atoms with Crippen molar-refractivity contribution in [3.63, 3.8) is 0 Å². The Morgan fingerprint density at radius 1 is 1.12 bits per heavy atom. The summed E-state index contributed by atoms with van der Waals surface area (Å²) in [4.78, 5) is 0. The molecule has 0 atom stereocenters. The molecular formula is C14H17BrO2. The molecule has 0 aliphatic heterocycles. The van der Waals surface area contributed by atoms with E-state index < -0.39 is 5.79 Å². The summed E-state index contributed by atoms with van der Waals surface area (Å²) in [5.41, 5.74) is 2.66. The van der Waals surface area contributed by atoms with Gasteiger partial charge >= 0.3 is 0 Å². The molecule has 1 aromatic carbocycles. The molecule has 0 bridgehead atoms. The highest BCUT2D eigenvalue weighted by Crippen LogP contribution is 2.35. The van der Waals surface area contributed by atoms with Gasteiger partial charge in [0.05, 0.1) is 0 Å². The zero-order valence-electron chi connectivity index (χ0n) is 10.2. The van der Waals surface area contributed by atoms with Crippen molar-refractivity contribution in [2.24, 2.45) is 0 Å². The lowest BCUT2D eigenvalue weighted by atomic mass is 9.90. The Labute approximate surface area is 111 Å². The van der Waals surface area contributed by atoms with Gasteiger partial charge in [0.1, 0.15) is 0 Å². The van der Waals surface area contributed by atoms with Gasteiger partial charge in [-0.3, -0.25) is 0 Å². The van der Waals surface area contributed by atoms with E-state index in [0.29, 0.717) is 0 Å². The van der Waals surface area contributed by atoms with Gasteiger partial charge in [0, 0.05) is 31.5 Å². The third-order valence-corrected chi connectivity index (χ3v) is 3.92. The van der Waals surface area contributed by atoms with E-state index in [9.17, 15) is 0 Å². The topological polar surface area (TPSA) is 18.5 Å². The van der Waals surface area contributed by atoms with Crippen LogP contribution in [0.25, 0.3) is 5.57 Å². The Morgan fingerprint density at radius 3 is 2.24 bits per heavy atom. The molecule has 0 amide bonds. The monoisotopic (exact) mass is 296 g/mol. The van der Waals surface area contributed by atoms with Crippen molar-refractivity contribution in [3.8, 4) is 0 Å². The number of hydrogen-bond donors (Lipinski definition) is 0. The maximum Gasteiger partial charge on any atom is 0.171 e. The second-order valence-electron chi connectivity index (χ2n) is 4.26. The van der Waals surface area contributed by atoms with Gasteiger partial charge < -0.3 is 9.47 Å². The van der Waals surface area contributed by atoms with E-state index in [2.05, 4.69) is 46.3 Å². The van der Waals surface area contributed by atoms with E-state index in [-0.39, 0.29) is 0 Å². The summed E-state index contributed by atoms with van der Waals surface area (Å²) < 4.78 is 12.0. The highest BCUT2D eigenvalue weighted by Gasteiger charge is 2.31. The van der Waals surface area contributed by atoms with Crippen LogP contribution in [0.5, 0.6) is 0 Å². The van der Waals surface area contributed by atoms with Gasteiger partial charge in [-0.1, -0.05) is 34.1 Å². The van der Waals surface area contributed by atoms with Crippen LogP contribution in [0.15, 0.2) is 34.8 Å². The van der Waals surface area contributed by atoms with Gasteiger partial charge in [0.25, 0.3) is 0 Å². The fraction of sp³-hybridized carbons (Fsp3) is 0.429. The molecule has 17 heavy (non-hydrogen) atoms. The van der Waals surface area contributed by atoms with E-state index in [1.54, 1.807) is 14.2 Å². The Bertz CT molecular complexity index is 405. The Kier molecular flexibility index (Phi) is 4.02. The molecule has 0 heterocycles. The molecule has 3 heteroatoms. The number of ether oxygens (including phenoxy) is 2. The van der Waals surface area contributed by atoms with Crippen molar-refractivity contribution in [2.45, 2.75) is 25.0 Å². The maximum atomic E-state index is 5.46. The minimum atomic E-state index is -0.418.